The molecule has 0 bridgehead atoms. The first-order valence-corrected chi connectivity index (χ1v) is 4.85. The van der Waals surface area contributed by atoms with Crippen molar-refractivity contribution >= 4 is 22.6 Å². The van der Waals surface area contributed by atoms with Gasteiger partial charge in [0.05, 0.1) is 6.54 Å². The van der Waals surface area contributed by atoms with E-state index in [0.717, 1.165) is 16.2 Å². The van der Waals surface area contributed by atoms with Crippen LogP contribution >= 0.6 is 22.6 Å². The summed E-state index contributed by atoms with van der Waals surface area (Å²) in [6.45, 7) is 0.717. The van der Waals surface area contributed by atoms with Gasteiger partial charge in [0.15, 0.2) is 9.66 Å². The molecule has 0 radical (unpaired) electrons. The Morgan fingerprint density at radius 2 is 2.38 bits per heavy atom. The van der Waals surface area contributed by atoms with Crippen molar-refractivity contribution < 1.29 is 0 Å². The monoisotopic (exact) mass is 289 g/mol. The molecule has 0 fully saturated rings. The number of imidazole rings is 1. The topological polar surface area (TPSA) is 48.5 Å². The molecule has 0 N–H and O–H groups in total. The normalized spacial score (nSPS) is 10.6. The Morgan fingerprint density at radius 3 is 2.92 bits per heavy atom. The third-order valence-electron chi connectivity index (χ3n) is 1.78. The van der Waals surface area contributed by atoms with Gasteiger partial charge in [0.2, 0.25) is 0 Å². The van der Waals surface area contributed by atoms with E-state index >= 15 is 0 Å². The highest BCUT2D eigenvalue weighted by Gasteiger charge is 2.03. The van der Waals surface area contributed by atoms with Crippen LogP contribution in [0.15, 0.2) is 18.7 Å². The molecule has 2 aromatic heterocycles. The van der Waals surface area contributed by atoms with E-state index in [1.807, 2.05) is 22.4 Å². The van der Waals surface area contributed by atoms with Gasteiger partial charge in [-0.2, -0.15) is 0 Å². The molecule has 0 amide bonds. The van der Waals surface area contributed by atoms with Gasteiger partial charge in [0, 0.05) is 19.4 Å². The summed E-state index contributed by atoms with van der Waals surface area (Å²) in [5.41, 5.74) is 0. The van der Waals surface area contributed by atoms with Crippen molar-refractivity contribution in [2.75, 3.05) is 0 Å². The quantitative estimate of drug-likeness (QED) is 0.763. The molecule has 5 nitrogen and oxygen atoms in total. The summed E-state index contributed by atoms with van der Waals surface area (Å²) in [5, 5.41) is 7.80. The van der Waals surface area contributed by atoms with Gasteiger partial charge < -0.3 is 9.13 Å². The fourth-order valence-corrected chi connectivity index (χ4v) is 1.52. The predicted octanol–water partition coefficient (Wildman–Crippen LogP) is 0.664. The Labute approximate surface area is 88.9 Å². The van der Waals surface area contributed by atoms with Gasteiger partial charge in [0.1, 0.15) is 6.33 Å². The lowest BCUT2D eigenvalue weighted by molar-refractivity contribution is 0.683. The van der Waals surface area contributed by atoms with Crippen molar-refractivity contribution in [3.8, 4) is 0 Å². The third-order valence-corrected chi connectivity index (χ3v) is 2.68. The van der Waals surface area contributed by atoms with Crippen LogP contribution in [0.25, 0.3) is 0 Å². The van der Waals surface area contributed by atoms with Crippen LogP contribution < -0.4 is 0 Å². The van der Waals surface area contributed by atoms with Crippen molar-refractivity contribution in [1.82, 2.24) is 24.3 Å². The third kappa shape index (κ3) is 1.71. The summed E-state index contributed by atoms with van der Waals surface area (Å²) in [7, 11) is 1.93. The highest BCUT2D eigenvalue weighted by Crippen LogP contribution is 2.04. The zero-order valence-electron chi connectivity index (χ0n) is 7.05. The molecule has 2 aromatic rings. The lowest BCUT2D eigenvalue weighted by atomic mass is 10.6. The number of hydrogen-bond donors (Lipinski definition) is 0. The highest BCUT2D eigenvalue weighted by atomic mass is 127. The number of aromatic nitrogens is 5. The second kappa shape index (κ2) is 3.44. The predicted molar refractivity (Wildman–Crippen MR) is 55.0 cm³/mol. The van der Waals surface area contributed by atoms with E-state index in [9.17, 15) is 0 Å². The van der Waals surface area contributed by atoms with Crippen LogP contribution in [0.2, 0.25) is 0 Å². The Hall–Kier alpha value is -0.920. The summed E-state index contributed by atoms with van der Waals surface area (Å²) < 4.78 is 4.88. The van der Waals surface area contributed by atoms with E-state index in [1.54, 1.807) is 12.5 Å². The molecule has 2 heterocycles. The molecule has 0 aliphatic heterocycles. The first-order valence-electron chi connectivity index (χ1n) is 3.77. The number of hydrogen-bond acceptors (Lipinski definition) is 3. The SMILES string of the molecule is Cn1cnnc1Cn1ccnc1I. The maximum absolute atomic E-state index is 4.12. The standard InChI is InChI=1S/C7H8IN5/c1-12-5-10-11-6(12)4-13-3-2-9-7(13)8/h2-3,5H,4H2,1H3. The molecule has 13 heavy (non-hydrogen) atoms. The van der Waals surface area contributed by atoms with Crippen LogP contribution in [-0.2, 0) is 13.6 Å². The van der Waals surface area contributed by atoms with Gasteiger partial charge in [-0.3, -0.25) is 0 Å². The minimum atomic E-state index is 0.717. The molecule has 0 atom stereocenters. The van der Waals surface area contributed by atoms with E-state index in [4.69, 9.17) is 0 Å². The molecular weight excluding hydrogens is 281 g/mol. The maximum atomic E-state index is 4.12. The number of halogens is 1. The molecule has 0 saturated heterocycles. The second-order valence-corrected chi connectivity index (χ2v) is 3.65. The summed E-state index contributed by atoms with van der Waals surface area (Å²) >= 11 is 2.19. The number of nitrogens with zero attached hydrogens (tertiary/aromatic N) is 5. The second-order valence-electron chi connectivity index (χ2n) is 2.68. The molecule has 0 saturated carbocycles. The fraction of sp³-hybridized carbons (Fsp3) is 0.286. The van der Waals surface area contributed by atoms with Crippen LogP contribution in [0.4, 0.5) is 0 Å². The zero-order valence-corrected chi connectivity index (χ0v) is 9.21. The van der Waals surface area contributed by atoms with Gasteiger partial charge in [-0.05, 0) is 22.6 Å². The summed E-state index contributed by atoms with van der Waals surface area (Å²) in [5.74, 6) is 0.927. The van der Waals surface area contributed by atoms with Crippen molar-refractivity contribution in [2.24, 2.45) is 7.05 Å². The molecule has 2 rings (SSSR count). The van der Waals surface area contributed by atoms with Crippen LogP contribution in [-0.4, -0.2) is 24.3 Å². The fourth-order valence-electron chi connectivity index (χ4n) is 1.03. The van der Waals surface area contributed by atoms with Gasteiger partial charge in [-0.25, -0.2) is 4.98 Å². The van der Waals surface area contributed by atoms with Gasteiger partial charge in [0.25, 0.3) is 0 Å². The molecule has 0 spiro atoms. The van der Waals surface area contributed by atoms with Gasteiger partial charge in [-0.1, -0.05) is 0 Å². The summed E-state index contributed by atoms with van der Waals surface area (Å²) in [6, 6.07) is 0. The number of aryl methyl sites for hydroxylation is 1. The van der Waals surface area contributed by atoms with Crippen molar-refractivity contribution in [2.45, 2.75) is 6.54 Å². The molecule has 0 aromatic carbocycles. The minimum absolute atomic E-state index is 0.717. The van der Waals surface area contributed by atoms with E-state index < -0.39 is 0 Å². The van der Waals surface area contributed by atoms with Crippen molar-refractivity contribution in [3.63, 3.8) is 0 Å². The van der Waals surface area contributed by atoms with Crippen LogP contribution in [0.3, 0.4) is 0 Å². The van der Waals surface area contributed by atoms with E-state index in [2.05, 4.69) is 37.8 Å². The molecule has 0 aliphatic carbocycles. The molecular formula is C7H8IN5. The van der Waals surface area contributed by atoms with Crippen LogP contribution in [0.1, 0.15) is 5.82 Å². The summed E-state index contributed by atoms with van der Waals surface area (Å²) in [4.78, 5) is 4.12. The smallest absolute Gasteiger partial charge is 0.171 e. The molecule has 0 aliphatic rings. The van der Waals surface area contributed by atoms with Crippen LogP contribution in [0, 0.1) is 3.83 Å². The largest absolute Gasteiger partial charge is 0.319 e. The van der Waals surface area contributed by atoms with E-state index in [0.29, 0.717) is 0 Å². The average molecular weight is 289 g/mol. The zero-order chi connectivity index (χ0) is 9.26. The molecule has 6 heteroatoms. The molecule has 0 unspecified atom stereocenters. The minimum Gasteiger partial charge on any atom is -0.319 e. The Morgan fingerprint density at radius 1 is 1.54 bits per heavy atom. The maximum Gasteiger partial charge on any atom is 0.171 e. The average Bonchev–Trinajstić information content (AvgIpc) is 2.65. The summed E-state index contributed by atoms with van der Waals surface area (Å²) in [6.07, 6.45) is 5.40. The van der Waals surface area contributed by atoms with Crippen molar-refractivity contribution in [3.05, 3.63) is 28.4 Å². The molecule has 68 valence electrons. The first kappa shape index (κ1) is 8.67. The van der Waals surface area contributed by atoms with Gasteiger partial charge >= 0.3 is 0 Å². The number of rotatable bonds is 2. The van der Waals surface area contributed by atoms with Gasteiger partial charge in [-0.15, -0.1) is 10.2 Å². The Balaban J connectivity index is 2.24. The Kier molecular flexibility index (Phi) is 2.30. The van der Waals surface area contributed by atoms with Crippen molar-refractivity contribution in [1.29, 1.82) is 0 Å². The van der Waals surface area contributed by atoms with Crippen LogP contribution in [0.5, 0.6) is 0 Å². The lowest BCUT2D eigenvalue weighted by Gasteiger charge is -2.02. The highest BCUT2D eigenvalue weighted by molar-refractivity contribution is 14.1. The van der Waals surface area contributed by atoms with E-state index in [-0.39, 0.29) is 0 Å². The first-order chi connectivity index (χ1) is 6.27. The van der Waals surface area contributed by atoms with E-state index in [1.165, 1.54) is 0 Å². The lowest BCUT2D eigenvalue weighted by Crippen LogP contribution is -2.06. The Bertz CT molecular complexity index is 366.